The average molecular weight is 569 g/mol. The van der Waals surface area contributed by atoms with Gasteiger partial charge in [0.15, 0.2) is 4.80 Å². The van der Waals surface area contributed by atoms with Crippen molar-refractivity contribution in [1.82, 2.24) is 4.57 Å². The number of benzene rings is 2. The number of nitrogens with one attached hydrogen (secondary N) is 1. The normalized spacial score (nSPS) is 15.0. The van der Waals surface area contributed by atoms with Gasteiger partial charge in [-0.3, -0.25) is 24.3 Å². The van der Waals surface area contributed by atoms with Crippen LogP contribution < -0.4 is 20.2 Å². The van der Waals surface area contributed by atoms with Crippen LogP contribution >= 0.6 is 22.7 Å². The number of carbonyl (C=O) groups excluding carboxylic acids is 1. The number of para-hydroxylation sites is 1. The average Bonchev–Trinajstić information content (AvgIpc) is 3.71. The second-order valence-corrected chi connectivity index (χ2v) is 10.9. The van der Waals surface area contributed by atoms with Crippen molar-refractivity contribution >= 4 is 46.0 Å². The van der Waals surface area contributed by atoms with E-state index in [2.05, 4.69) is 10.3 Å². The predicted octanol–water partition coefficient (Wildman–Crippen LogP) is 5.10. The van der Waals surface area contributed by atoms with Gasteiger partial charge in [0.2, 0.25) is 0 Å². The Bertz CT molecular complexity index is 1950. The molecule has 0 spiro atoms. The van der Waals surface area contributed by atoms with E-state index in [1.165, 1.54) is 34.8 Å². The van der Waals surface area contributed by atoms with E-state index in [1.54, 1.807) is 54.0 Å². The lowest BCUT2D eigenvalue weighted by Gasteiger charge is -2.24. The molecule has 40 heavy (non-hydrogen) atoms. The van der Waals surface area contributed by atoms with E-state index in [4.69, 9.17) is 4.42 Å². The number of non-ortho nitro benzene ring substituents is 1. The summed E-state index contributed by atoms with van der Waals surface area (Å²) in [5.74, 6) is 0.643. The Morgan fingerprint density at radius 3 is 2.55 bits per heavy atom. The fraction of sp³-hybridized carbons (Fsp3) is 0.0690. The van der Waals surface area contributed by atoms with Crippen LogP contribution in [0.15, 0.2) is 110 Å². The number of furan rings is 1. The van der Waals surface area contributed by atoms with Gasteiger partial charge in [-0.2, -0.15) is 0 Å². The minimum atomic E-state index is -0.630. The van der Waals surface area contributed by atoms with Crippen molar-refractivity contribution in [3.63, 3.8) is 0 Å². The lowest BCUT2D eigenvalue weighted by atomic mass is 10.0. The van der Waals surface area contributed by atoms with Gasteiger partial charge in [-0.15, -0.1) is 11.3 Å². The number of hydrogen-bond donors (Lipinski definition) is 1. The molecule has 11 heteroatoms. The molecule has 0 radical (unpaired) electrons. The summed E-state index contributed by atoms with van der Waals surface area (Å²) in [4.78, 5) is 43.7. The zero-order valence-electron chi connectivity index (χ0n) is 20.9. The smallest absolute Gasteiger partial charge is 0.271 e. The summed E-state index contributed by atoms with van der Waals surface area (Å²) in [6, 6.07) is 21.8. The number of thiazole rings is 1. The molecule has 6 rings (SSSR count). The first-order chi connectivity index (χ1) is 19.4. The van der Waals surface area contributed by atoms with Gasteiger partial charge in [-0.25, -0.2) is 4.99 Å². The molecule has 0 saturated carbocycles. The van der Waals surface area contributed by atoms with Gasteiger partial charge in [0.25, 0.3) is 17.2 Å². The highest BCUT2D eigenvalue weighted by Crippen LogP contribution is 2.33. The first-order valence-corrected chi connectivity index (χ1v) is 13.9. The summed E-state index contributed by atoms with van der Waals surface area (Å²) in [6.45, 7) is 1.78. The maximum Gasteiger partial charge on any atom is 0.271 e. The standard InChI is InChI=1S/C29H20N4O5S2/c1-17-25(27(34)31-19-6-3-2-4-7-19)26(23-8-5-15-39-23)32-28(35)24(40-29(32)30-17)16-21-13-14-22(38-21)18-9-11-20(12-10-18)33(36)37/h2-16,26H,1H3,(H,31,34)/b24-16-. The van der Waals surface area contributed by atoms with E-state index in [-0.39, 0.29) is 17.2 Å². The molecule has 1 aliphatic rings. The van der Waals surface area contributed by atoms with Gasteiger partial charge in [-0.1, -0.05) is 35.6 Å². The zero-order chi connectivity index (χ0) is 27.8. The second kappa shape index (κ2) is 10.4. The molecule has 0 aliphatic carbocycles. The lowest BCUT2D eigenvalue weighted by molar-refractivity contribution is -0.384. The summed E-state index contributed by atoms with van der Waals surface area (Å²) in [6.07, 6.45) is 1.65. The van der Waals surface area contributed by atoms with E-state index in [0.29, 0.717) is 43.4 Å². The highest BCUT2D eigenvalue weighted by Gasteiger charge is 2.33. The number of fused-ring (bicyclic) bond motifs is 1. The number of amides is 1. The Morgan fingerprint density at radius 2 is 1.85 bits per heavy atom. The number of hydrogen-bond acceptors (Lipinski definition) is 8. The summed E-state index contributed by atoms with van der Waals surface area (Å²) in [5, 5.41) is 15.8. The quantitative estimate of drug-likeness (QED) is 0.226. The number of nitro groups is 1. The van der Waals surface area contributed by atoms with Crippen LogP contribution in [0.2, 0.25) is 0 Å². The molecule has 198 valence electrons. The highest BCUT2D eigenvalue weighted by molar-refractivity contribution is 7.10. The Labute approximate surface area is 234 Å². The lowest BCUT2D eigenvalue weighted by Crippen LogP contribution is -2.40. The van der Waals surface area contributed by atoms with E-state index >= 15 is 0 Å². The number of nitrogens with zero attached hydrogens (tertiary/aromatic N) is 3. The van der Waals surface area contributed by atoms with Gasteiger partial charge in [0.1, 0.15) is 17.6 Å². The van der Waals surface area contributed by atoms with Crippen LogP contribution in [0.4, 0.5) is 11.4 Å². The van der Waals surface area contributed by atoms with Gasteiger partial charge >= 0.3 is 0 Å². The summed E-state index contributed by atoms with van der Waals surface area (Å²) in [5.41, 5.74) is 1.98. The maximum atomic E-state index is 13.8. The van der Waals surface area contributed by atoms with Crippen LogP contribution in [0.5, 0.6) is 0 Å². The third-order valence-corrected chi connectivity index (χ3v) is 8.28. The number of rotatable bonds is 6. The van der Waals surface area contributed by atoms with Gasteiger partial charge in [0.05, 0.1) is 20.7 Å². The number of nitro benzene ring substituents is 1. The van der Waals surface area contributed by atoms with Crippen LogP contribution in [-0.4, -0.2) is 15.4 Å². The highest BCUT2D eigenvalue weighted by atomic mass is 32.1. The van der Waals surface area contributed by atoms with Crippen molar-refractivity contribution in [3.8, 4) is 11.3 Å². The first-order valence-electron chi connectivity index (χ1n) is 12.2. The van der Waals surface area contributed by atoms with Crippen LogP contribution in [0.25, 0.3) is 17.4 Å². The SMILES string of the molecule is CC1=C(C(=O)Nc2ccccc2)C(c2cccs2)n2c(s/c(=C\c3ccc(-c4ccc([N+](=O)[O-])cc4)o3)c2=O)=N1. The molecule has 1 atom stereocenters. The molecule has 1 aliphatic heterocycles. The van der Waals surface area contributed by atoms with E-state index in [1.807, 2.05) is 35.7 Å². The topological polar surface area (TPSA) is 120 Å². The van der Waals surface area contributed by atoms with Crippen molar-refractivity contribution in [2.24, 2.45) is 4.99 Å². The molecule has 1 N–H and O–H groups in total. The van der Waals surface area contributed by atoms with E-state index in [9.17, 15) is 19.7 Å². The van der Waals surface area contributed by atoms with Gasteiger partial charge in [-0.05, 0) is 54.8 Å². The van der Waals surface area contributed by atoms with Crippen molar-refractivity contribution in [3.05, 3.63) is 136 Å². The number of aromatic nitrogens is 1. The van der Waals surface area contributed by atoms with Crippen LogP contribution in [-0.2, 0) is 4.79 Å². The molecule has 0 fully saturated rings. The third kappa shape index (κ3) is 4.72. The predicted molar refractivity (Wildman–Crippen MR) is 154 cm³/mol. The second-order valence-electron chi connectivity index (χ2n) is 8.92. The van der Waals surface area contributed by atoms with E-state index in [0.717, 1.165) is 4.88 Å². The van der Waals surface area contributed by atoms with Crippen molar-refractivity contribution in [1.29, 1.82) is 0 Å². The minimum Gasteiger partial charge on any atom is -0.457 e. The molecule has 0 bridgehead atoms. The largest absolute Gasteiger partial charge is 0.457 e. The molecule has 3 aromatic heterocycles. The molecule has 9 nitrogen and oxygen atoms in total. The number of allylic oxidation sites excluding steroid dienone is 1. The Morgan fingerprint density at radius 1 is 1.07 bits per heavy atom. The molecular formula is C29H20N4O5S2. The van der Waals surface area contributed by atoms with E-state index < -0.39 is 11.0 Å². The Kier molecular flexibility index (Phi) is 6.58. The molecule has 4 heterocycles. The molecule has 5 aromatic rings. The molecule has 1 unspecified atom stereocenters. The van der Waals surface area contributed by atoms with Gasteiger partial charge in [0, 0.05) is 34.3 Å². The minimum absolute atomic E-state index is 0.0101. The fourth-order valence-electron chi connectivity index (χ4n) is 4.51. The summed E-state index contributed by atoms with van der Waals surface area (Å²) in [7, 11) is 0. The third-order valence-electron chi connectivity index (χ3n) is 6.37. The monoisotopic (exact) mass is 568 g/mol. The molecular weight excluding hydrogens is 548 g/mol. The van der Waals surface area contributed by atoms with Crippen molar-refractivity contribution in [2.75, 3.05) is 5.32 Å². The number of carbonyl (C=O) groups is 1. The summed E-state index contributed by atoms with van der Waals surface area (Å²) < 4.78 is 7.91. The van der Waals surface area contributed by atoms with Crippen molar-refractivity contribution in [2.45, 2.75) is 13.0 Å². The van der Waals surface area contributed by atoms with Gasteiger partial charge < -0.3 is 9.73 Å². The van der Waals surface area contributed by atoms with Crippen molar-refractivity contribution < 1.29 is 14.1 Å². The first kappa shape index (κ1) is 25.4. The van der Waals surface area contributed by atoms with Crippen LogP contribution in [0, 0.1) is 10.1 Å². The Balaban J connectivity index is 1.39. The number of thiophene rings is 1. The Hall–Kier alpha value is -4.87. The number of anilines is 1. The zero-order valence-corrected chi connectivity index (χ0v) is 22.6. The molecule has 2 aromatic carbocycles. The fourth-order valence-corrected chi connectivity index (χ4v) is 6.36. The van der Waals surface area contributed by atoms with Crippen LogP contribution in [0.1, 0.15) is 23.6 Å². The molecule has 0 saturated heterocycles. The maximum absolute atomic E-state index is 13.8. The molecule has 1 amide bonds. The summed E-state index contributed by atoms with van der Waals surface area (Å²) >= 11 is 2.69. The van der Waals surface area contributed by atoms with Crippen LogP contribution in [0.3, 0.4) is 0 Å².